The van der Waals surface area contributed by atoms with E-state index in [9.17, 15) is 19.1 Å². The summed E-state index contributed by atoms with van der Waals surface area (Å²) < 4.78 is 11.8. The number of amides is 1. The summed E-state index contributed by atoms with van der Waals surface area (Å²) in [5.74, 6) is -0.619. The molecule has 0 bridgehead atoms. The van der Waals surface area contributed by atoms with Crippen molar-refractivity contribution in [3.05, 3.63) is 70.8 Å². The van der Waals surface area contributed by atoms with Gasteiger partial charge in [-0.1, -0.05) is 65.3 Å². The van der Waals surface area contributed by atoms with Crippen LogP contribution in [-0.2, 0) is 15.9 Å². The molecule has 0 fully saturated rings. The number of nitrogens with one attached hydrogen (secondary N) is 1. The second-order valence-electron chi connectivity index (χ2n) is 8.00. The Morgan fingerprint density at radius 3 is 2.10 bits per heavy atom. The molecular weight excluding hydrogens is 397 g/mol. The third-order valence-corrected chi connectivity index (χ3v) is 6.09. The molecule has 1 aromatic carbocycles. The minimum absolute atomic E-state index is 0.0278. The molecule has 1 amide bonds. The van der Waals surface area contributed by atoms with Gasteiger partial charge in [-0.15, -0.1) is 0 Å². The molecule has 1 aromatic rings. The van der Waals surface area contributed by atoms with E-state index >= 15 is 0 Å². The van der Waals surface area contributed by atoms with Gasteiger partial charge in [0.2, 0.25) is 5.91 Å². The fraction of sp³-hybridized carbons (Fsp3) is 0.458. The highest BCUT2D eigenvalue weighted by atomic mass is 31.2. The Labute approximate surface area is 181 Å². The Hall–Kier alpha value is -1.94. The first-order valence-electron chi connectivity index (χ1n) is 10.4. The van der Waals surface area contributed by atoms with Crippen LogP contribution in [0, 0.1) is 0 Å². The molecule has 0 aliphatic heterocycles. The van der Waals surface area contributed by atoms with Gasteiger partial charge >= 0.3 is 7.60 Å². The second-order valence-corrected chi connectivity index (χ2v) is 9.81. The number of rotatable bonds is 12. The van der Waals surface area contributed by atoms with E-state index in [4.69, 9.17) is 0 Å². The summed E-state index contributed by atoms with van der Waals surface area (Å²) in [6.07, 6.45) is 10.0. The lowest BCUT2D eigenvalue weighted by Gasteiger charge is -2.17. The number of benzene rings is 1. The predicted octanol–water partition coefficient (Wildman–Crippen LogP) is 5.66. The zero-order valence-electron chi connectivity index (χ0n) is 18.6. The van der Waals surface area contributed by atoms with Gasteiger partial charge in [0.1, 0.15) is 5.66 Å². The first-order chi connectivity index (χ1) is 14.1. The fourth-order valence-corrected chi connectivity index (χ4v) is 3.73. The van der Waals surface area contributed by atoms with Gasteiger partial charge in [0.15, 0.2) is 0 Å². The van der Waals surface area contributed by atoms with Crippen LogP contribution in [0.2, 0.25) is 0 Å². The molecule has 5 nitrogen and oxygen atoms in total. The van der Waals surface area contributed by atoms with Gasteiger partial charge in [-0.2, -0.15) is 0 Å². The highest BCUT2D eigenvalue weighted by Gasteiger charge is 2.34. The molecule has 1 rings (SSSR count). The lowest BCUT2D eigenvalue weighted by Crippen LogP contribution is -2.34. The first-order valence-corrected chi connectivity index (χ1v) is 12.1. The van der Waals surface area contributed by atoms with Crippen molar-refractivity contribution < 1.29 is 19.1 Å². The van der Waals surface area contributed by atoms with Crippen molar-refractivity contribution in [3.63, 3.8) is 0 Å². The summed E-state index contributed by atoms with van der Waals surface area (Å²) in [4.78, 5) is 31.7. The maximum Gasteiger partial charge on any atom is 0.338 e. The van der Waals surface area contributed by atoms with Crippen LogP contribution in [0.4, 0.5) is 0 Å². The molecule has 1 unspecified atom stereocenters. The van der Waals surface area contributed by atoms with Gasteiger partial charge in [-0.25, -0.2) is 0 Å². The Kier molecular flexibility index (Phi) is 11.6. The summed E-state index contributed by atoms with van der Waals surface area (Å²) in [7, 11) is -4.55. The highest BCUT2D eigenvalue weighted by molar-refractivity contribution is 7.53. The topological polar surface area (TPSA) is 86.6 Å². The van der Waals surface area contributed by atoms with Crippen molar-refractivity contribution in [1.82, 2.24) is 5.32 Å². The monoisotopic (exact) mass is 433 g/mol. The quantitative estimate of drug-likeness (QED) is 0.293. The van der Waals surface area contributed by atoms with Gasteiger partial charge in [-0.05, 0) is 65.4 Å². The fourth-order valence-electron chi connectivity index (χ4n) is 2.95. The molecule has 166 valence electrons. The second kappa shape index (κ2) is 13.4. The molecule has 0 spiro atoms. The largest absolute Gasteiger partial charge is 0.351 e. The third-order valence-electron chi connectivity index (χ3n) is 4.83. The van der Waals surface area contributed by atoms with Crippen LogP contribution in [0.5, 0.6) is 0 Å². The van der Waals surface area contributed by atoms with Gasteiger partial charge in [0, 0.05) is 6.54 Å². The number of hydrogen-bond acceptors (Lipinski definition) is 2. The predicted molar refractivity (Wildman–Crippen MR) is 124 cm³/mol. The lowest BCUT2D eigenvalue weighted by atomic mass is 10.1. The maximum absolute atomic E-state index is 12.4. The van der Waals surface area contributed by atoms with Crippen molar-refractivity contribution in [1.29, 1.82) is 0 Å². The number of hydrogen-bond donors (Lipinski definition) is 3. The Morgan fingerprint density at radius 1 is 0.967 bits per heavy atom. The molecular formula is C24H36NO4P. The number of carbonyl (C=O) groups excluding carboxylic acids is 1. The smallest absolute Gasteiger partial charge is 0.338 e. The van der Waals surface area contributed by atoms with Crippen molar-refractivity contribution in [2.75, 3.05) is 0 Å². The van der Waals surface area contributed by atoms with E-state index in [2.05, 4.69) is 38.2 Å². The molecule has 30 heavy (non-hydrogen) atoms. The Bertz CT molecular complexity index is 802. The zero-order valence-corrected chi connectivity index (χ0v) is 19.5. The molecule has 6 heteroatoms. The average molecular weight is 434 g/mol. The lowest BCUT2D eigenvalue weighted by molar-refractivity contribution is -0.121. The summed E-state index contributed by atoms with van der Waals surface area (Å²) in [5.41, 5.74) is 3.21. The third kappa shape index (κ3) is 11.3. The molecule has 0 aliphatic carbocycles. The summed E-state index contributed by atoms with van der Waals surface area (Å²) in [5, 5.41) is 2.64. The van der Waals surface area contributed by atoms with Gasteiger partial charge in [0.25, 0.3) is 0 Å². The SMILES string of the molecule is CC(C)=CCC/C(C)=C/CC/C(C)=C/CC(C(=O)NCc1ccccc1)P(=O)(O)O. The van der Waals surface area contributed by atoms with E-state index in [0.717, 1.165) is 36.8 Å². The molecule has 0 heterocycles. The molecule has 0 aliphatic rings. The van der Waals surface area contributed by atoms with Crippen molar-refractivity contribution in [2.24, 2.45) is 0 Å². The standard InChI is InChI=1S/C24H36NO4P/c1-19(2)10-8-11-20(3)12-9-13-21(4)16-17-23(30(27,28)29)24(26)25-18-22-14-6-5-7-15-22/h5-7,10,12,14-16,23H,8-9,11,13,17-18H2,1-4H3,(H,25,26)(H2,27,28,29)/b20-12+,21-16+. The van der Waals surface area contributed by atoms with Crippen LogP contribution in [0.15, 0.2) is 65.3 Å². The van der Waals surface area contributed by atoms with Crippen molar-refractivity contribution in [3.8, 4) is 0 Å². The Morgan fingerprint density at radius 2 is 1.53 bits per heavy atom. The minimum atomic E-state index is -4.55. The van der Waals surface area contributed by atoms with Gasteiger partial charge in [0.05, 0.1) is 0 Å². The maximum atomic E-state index is 12.4. The summed E-state index contributed by atoms with van der Waals surface area (Å²) in [6.45, 7) is 8.50. The zero-order chi connectivity index (χ0) is 22.6. The summed E-state index contributed by atoms with van der Waals surface area (Å²) in [6, 6.07) is 9.28. The normalized spacial score (nSPS) is 13.7. The van der Waals surface area contributed by atoms with Crippen molar-refractivity contribution in [2.45, 2.75) is 72.0 Å². The molecule has 0 saturated carbocycles. The van der Waals surface area contributed by atoms with Crippen LogP contribution in [-0.4, -0.2) is 21.4 Å². The molecule has 0 aromatic heterocycles. The summed E-state index contributed by atoms with van der Waals surface area (Å²) >= 11 is 0. The van der Waals surface area contributed by atoms with E-state index in [1.165, 1.54) is 11.1 Å². The van der Waals surface area contributed by atoms with Gasteiger partial charge < -0.3 is 15.1 Å². The molecule has 0 radical (unpaired) electrons. The van der Waals surface area contributed by atoms with Crippen LogP contribution < -0.4 is 5.32 Å². The van der Waals surface area contributed by atoms with Gasteiger partial charge in [-0.3, -0.25) is 9.36 Å². The van der Waals surface area contributed by atoms with E-state index in [0.29, 0.717) is 0 Å². The molecule has 0 saturated heterocycles. The van der Waals surface area contributed by atoms with Crippen LogP contribution >= 0.6 is 7.60 Å². The highest BCUT2D eigenvalue weighted by Crippen LogP contribution is 2.43. The van der Waals surface area contributed by atoms with E-state index in [-0.39, 0.29) is 13.0 Å². The van der Waals surface area contributed by atoms with E-state index < -0.39 is 19.2 Å². The van der Waals surface area contributed by atoms with E-state index in [1.54, 1.807) is 6.08 Å². The number of allylic oxidation sites excluding steroid dienone is 6. The molecule has 3 N–H and O–H groups in total. The van der Waals surface area contributed by atoms with E-state index in [1.807, 2.05) is 37.3 Å². The number of carbonyl (C=O) groups is 1. The first kappa shape index (κ1) is 26.1. The minimum Gasteiger partial charge on any atom is -0.351 e. The van der Waals surface area contributed by atoms with Crippen LogP contribution in [0.3, 0.4) is 0 Å². The Balaban J connectivity index is 2.57. The van der Waals surface area contributed by atoms with Crippen LogP contribution in [0.25, 0.3) is 0 Å². The van der Waals surface area contributed by atoms with Crippen LogP contribution in [0.1, 0.15) is 65.4 Å². The van der Waals surface area contributed by atoms with Crippen molar-refractivity contribution >= 4 is 13.5 Å². The average Bonchev–Trinajstić information content (AvgIpc) is 2.66. The molecule has 1 atom stereocenters.